The summed E-state index contributed by atoms with van der Waals surface area (Å²) in [5.74, 6) is 0. The Kier molecular flexibility index (Phi) is 3.36. The Hall–Kier alpha value is -1.28. The van der Waals surface area contributed by atoms with E-state index in [9.17, 15) is 0 Å². The lowest BCUT2D eigenvalue weighted by Crippen LogP contribution is -2.25. The Morgan fingerprint density at radius 1 is 1.32 bits per heavy atom. The molecule has 1 aromatic carbocycles. The summed E-state index contributed by atoms with van der Waals surface area (Å²) in [6, 6.07) is 5.15. The third-order valence-electron chi connectivity index (χ3n) is 4.30. The Morgan fingerprint density at radius 3 is 2.95 bits per heavy atom. The fourth-order valence-electron chi connectivity index (χ4n) is 3.44. The highest BCUT2D eigenvalue weighted by atomic mass is 14.9. The molecule has 2 heteroatoms. The summed E-state index contributed by atoms with van der Waals surface area (Å²) in [5.41, 5.74) is 7.10. The van der Waals surface area contributed by atoms with E-state index >= 15 is 0 Å². The summed E-state index contributed by atoms with van der Waals surface area (Å²) in [5, 5.41) is 5.15. The third kappa shape index (κ3) is 2.18. The van der Waals surface area contributed by atoms with Crippen LogP contribution in [0.1, 0.15) is 54.6 Å². The summed E-state index contributed by atoms with van der Waals surface area (Å²) < 4.78 is 0. The summed E-state index contributed by atoms with van der Waals surface area (Å²) in [7, 11) is 0. The molecule has 0 saturated heterocycles. The van der Waals surface area contributed by atoms with Gasteiger partial charge in [-0.2, -0.15) is 0 Å². The first-order valence-electron chi connectivity index (χ1n) is 7.55. The molecular formula is C17H24N2. The second-order valence-corrected chi connectivity index (χ2v) is 5.92. The summed E-state index contributed by atoms with van der Waals surface area (Å²) in [6.45, 7) is 7.75. The van der Waals surface area contributed by atoms with Crippen LogP contribution < -0.4 is 5.32 Å². The number of aromatic amines is 1. The van der Waals surface area contributed by atoms with Gasteiger partial charge in [0.2, 0.25) is 0 Å². The fourth-order valence-corrected chi connectivity index (χ4v) is 3.44. The molecule has 2 nitrogen and oxygen atoms in total. The van der Waals surface area contributed by atoms with Gasteiger partial charge in [0.15, 0.2) is 0 Å². The molecule has 2 aromatic rings. The monoisotopic (exact) mass is 256 g/mol. The number of hydrogen-bond donors (Lipinski definition) is 2. The smallest absolute Gasteiger partial charge is 0.0489 e. The quantitative estimate of drug-likeness (QED) is 0.848. The molecule has 19 heavy (non-hydrogen) atoms. The van der Waals surface area contributed by atoms with Crippen molar-refractivity contribution in [2.75, 3.05) is 6.54 Å². The predicted octanol–water partition coefficient (Wildman–Crippen LogP) is 4.16. The Morgan fingerprint density at radius 2 is 2.16 bits per heavy atom. The minimum Gasteiger partial charge on any atom is -0.357 e. The lowest BCUT2D eigenvalue weighted by Gasteiger charge is -2.23. The van der Waals surface area contributed by atoms with Gasteiger partial charge in [-0.15, -0.1) is 0 Å². The van der Waals surface area contributed by atoms with Gasteiger partial charge in [-0.25, -0.2) is 0 Å². The maximum Gasteiger partial charge on any atom is 0.0489 e. The van der Waals surface area contributed by atoms with Crippen molar-refractivity contribution in [3.05, 3.63) is 34.5 Å². The average molecular weight is 256 g/mol. The molecule has 0 aliphatic heterocycles. The zero-order chi connectivity index (χ0) is 13.4. The molecule has 0 bridgehead atoms. The van der Waals surface area contributed by atoms with E-state index in [2.05, 4.69) is 43.2 Å². The van der Waals surface area contributed by atoms with Gasteiger partial charge in [-0.05, 0) is 63.3 Å². The normalized spacial score (nSPS) is 18.8. The molecule has 1 aromatic heterocycles. The van der Waals surface area contributed by atoms with Gasteiger partial charge in [0.1, 0.15) is 0 Å². The minimum absolute atomic E-state index is 0.524. The van der Waals surface area contributed by atoms with Crippen molar-refractivity contribution in [2.45, 2.75) is 52.5 Å². The van der Waals surface area contributed by atoms with Crippen molar-refractivity contribution < 1.29 is 0 Å². The number of fused-ring (bicyclic) bond motifs is 3. The zero-order valence-electron chi connectivity index (χ0n) is 12.3. The Balaban J connectivity index is 2.10. The SMILES string of the molecule is CCCNC1CCCc2c1[nH]c1c(C)cc(C)cc21. The van der Waals surface area contributed by atoms with Gasteiger partial charge < -0.3 is 10.3 Å². The van der Waals surface area contributed by atoms with Crippen LogP contribution in [0.2, 0.25) is 0 Å². The molecule has 0 fully saturated rings. The molecule has 1 unspecified atom stereocenters. The number of aromatic nitrogens is 1. The number of H-pyrrole nitrogens is 1. The highest BCUT2D eigenvalue weighted by Crippen LogP contribution is 2.36. The number of rotatable bonds is 3. The highest BCUT2D eigenvalue weighted by molar-refractivity contribution is 5.88. The molecule has 1 heterocycles. The molecular weight excluding hydrogens is 232 g/mol. The Labute approximate surface area is 115 Å². The van der Waals surface area contributed by atoms with E-state index in [1.807, 2.05) is 0 Å². The van der Waals surface area contributed by atoms with E-state index in [4.69, 9.17) is 0 Å². The predicted molar refractivity (Wildman–Crippen MR) is 81.7 cm³/mol. The molecule has 2 N–H and O–H groups in total. The average Bonchev–Trinajstić information content (AvgIpc) is 2.76. The molecule has 0 saturated carbocycles. The molecule has 0 spiro atoms. The van der Waals surface area contributed by atoms with Crippen molar-refractivity contribution >= 4 is 10.9 Å². The maximum absolute atomic E-state index is 3.71. The van der Waals surface area contributed by atoms with Gasteiger partial charge in [0.25, 0.3) is 0 Å². The second-order valence-electron chi connectivity index (χ2n) is 5.92. The van der Waals surface area contributed by atoms with Crippen LogP contribution in [0, 0.1) is 13.8 Å². The summed E-state index contributed by atoms with van der Waals surface area (Å²) >= 11 is 0. The lowest BCUT2D eigenvalue weighted by molar-refractivity contribution is 0.454. The van der Waals surface area contributed by atoms with Crippen molar-refractivity contribution in [1.82, 2.24) is 10.3 Å². The van der Waals surface area contributed by atoms with E-state index in [-0.39, 0.29) is 0 Å². The molecule has 0 radical (unpaired) electrons. The summed E-state index contributed by atoms with van der Waals surface area (Å²) in [6.07, 6.45) is 4.99. The van der Waals surface area contributed by atoms with Crippen molar-refractivity contribution in [3.8, 4) is 0 Å². The highest BCUT2D eigenvalue weighted by Gasteiger charge is 2.24. The van der Waals surface area contributed by atoms with Gasteiger partial charge >= 0.3 is 0 Å². The summed E-state index contributed by atoms with van der Waals surface area (Å²) in [4.78, 5) is 3.71. The number of benzene rings is 1. The van der Waals surface area contributed by atoms with Crippen molar-refractivity contribution in [2.24, 2.45) is 0 Å². The van der Waals surface area contributed by atoms with Gasteiger partial charge in [-0.3, -0.25) is 0 Å². The molecule has 102 valence electrons. The van der Waals surface area contributed by atoms with Gasteiger partial charge in [0.05, 0.1) is 0 Å². The van der Waals surface area contributed by atoms with Crippen LogP contribution in [0.3, 0.4) is 0 Å². The molecule has 1 aliphatic carbocycles. The molecule has 1 aliphatic rings. The van der Waals surface area contributed by atoms with Crippen LogP contribution in [0.15, 0.2) is 12.1 Å². The van der Waals surface area contributed by atoms with E-state index in [0.717, 1.165) is 6.54 Å². The number of nitrogens with one attached hydrogen (secondary N) is 2. The maximum atomic E-state index is 3.71. The Bertz CT molecular complexity index is 595. The fraction of sp³-hybridized carbons (Fsp3) is 0.529. The third-order valence-corrected chi connectivity index (χ3v) is 4.30. The van der Waals surface area contributed by atoms with Crippen LogP contribution in [-0.4, -0.2) is 11.5 Å². The first-order chi connectivity index (χ1) is 9.20. The van der Waals surface area contributed by atoms with Crippen LogP contribution in [0.4, 0.5) is 0 Å². The van der Waals surface area contributed by atoms with E-state index < -0.39 is 0 Å². The topological polar surface area (TPSA) is 27.8 Å². The number of aryl methyl sites for hydroxylation is 3. The molecule has 3 rings (SSSR count). The first kappa shape index (κ1) is 12.7. The number of hydrogen-bond acceptors (Lipinski definition) is 1. The molecule has 1 atom stereocenters. The van der Waals surface area contributed by atoms with Crippen LogP contribution >= 0.6 is 0 Å². The standard InChI is InChI=1S/C17H24N2/c1-4-8-18-15-7-5-6-13-14-10-11(2)9-12(3)16(14)19-17(13)15/h9-10,15,18-19H,4-8H2,1-3H3. The molecule has 0 amide bonds. The first-order valence-corrected chi connectivity index (χ1v) is 7.55. The van der Waals surface area contributed by atoms with E-state index in [1.54, 1.807) is 5.56 Å². The zero-order valence-corrected chi connectivity index (χ0v) is 12.3. The van der Waals surface area contributed by atoms with Crippen LogP contribution in [0.5, 0.6) is 0 Å². The largest absolute Gasteiger partial charge is 0.357 e. The van der Waals surface area contributed by atoms with Crippen LogP contribution in [-0.2, 0) is 6.42 Å². The lowest BCUT2D eigenvalue weighted by atomic mass is 9.91. The van der Waals surface area contributed by atoms with Crippen molar-refractivity contribution in [3.63, 3.8) is 0 Å². The van der Waals surface area contributed by atoms with E-state index in [0.29, 0.717) is 6.04 Å². The second kappa shape index (κ2) is 5.01. The van der Waals surface area contributed by atoms with E-state index in [1.165, 1.54) is 53.4 Å². The van der Waals surface area contributed by atoms with Crippen molar-refractivity contribution in [1.29, 1.82) is 0 Å². The van der Waals surface area contributed by atoms with Crippen LogP contribution in [0.25, 0.3) is 10.9 Å². The van der Waals surface area contributed by atoms with Gasteiger partial charge in [0, 0.05) is 22.6 Å². The van der Waals surface area contributed by atoms with Gasteiger partial charge in [-0.1, -0.05) is 18.6 Å². The minimum atomic E-state index is 0.524.